The topological polar surface area (TPSA) is 97.9 Å². The molecule has 146 valence electrons. The Morgan fingerprint density at radius 1 is 1.21 bits per heavy atom. The van der Waals surface area contributed by atoms with Crippen LogP contribution in [0.5, 0.6) is 0 Å². The van der Waals surface area contributed by atoms with Crippen LogP contribution in [0, 0.1) is 27.7 Å². The summed E-state index contributed by atoms with van der Waals surface area (Å²) in [6.07, 6.45) is 4.62. The number of nitrogens with zero attached hydrogens (tertiary/aromatic N) is 6. The number of aromatic nitrogens is 5. The van der Waals surface area contributed by atoms with Gasteiger partial charge < -0.3 is 9.42 Å². The van der Waals surface area contributed by atoms with Gasteiger partial charge in [0.2, 0.25) is 0 Å². The summed E-state index contributed by atoms with van der Waals surface area (Å²) in [6.45, 7) is 8.24. The van der Waals surface area contributed by atoms with E-state index < -0.39 is 0 Å². The Kier molecular flexibility index (Phi) is 4.92. The summed E-state index contributed by atoms with van der Waals surface area (Å²) in [6, 6.07) is -0.149. The second kappa shape index (κ2) is 7.38. The molecule has 4 heterocycles. The molecule has 28 heavy (non-hydrogen) atoms. The third kappa shape index (κ3) is 3.19. The Bertz CT molecular complexity index is 1030. The minimum atomic E-state index is -0.149. The zero-order valence-electron chi connectivity index (χ0n) is 16.4. The monoisotopic (exact) mass is 398 g/mol. The lowest BCUT2D eigenvalue weighted by atomic mass is 9.94. The number of rotatable bonds is 3. The molecule has 9 heteroatoms. The third-order valence-electron chi connectivity index (χ3n) is 5.27. The molecule has 0 spiro atoms. The number of hydrogen-bond acceptors (Lipinski definition) is 8. The summed E-state index contributed by atoms with van der Waals surface area (Å²) in [4.78, 5) is 24.8. The van der Waals surface area contributed by atoms with Crippen LogP contribution in [-0.2, 0) is 0 Å². The maximum Gasteiger partial charge on any atom is 0.268 e. The number of hydrogen-bond donors (Lipinski definition) is 0. The number of carbonyl (C=O) groups is 1. The first kappa shape index (κ1) is 18.7. The molecule has 0 saturated carbocycles. The Hall–Kier alpha value is -2.68. The van der Waals surface area contributed by atoms with Crippen LogP contribution in [-0.4, -0.2) is 42.1 Å². The first-order valence-corrected chi connectivity index (χ1v) is 10.1. The molecule has 3 aromatic rings. The van der Waals surface area contributed by atoms with Gasteiger partial charge in [0.05, 0.1) is 28.7 Å². The maximum absolute atomic E-state index is 13.2. The van der Waals surface area contributed by atoms with Gasteiger partial charge >= 0.3 is 0 Å². The molecule has 0 unspecified atom stereocenters. The van der Waals surface area contributed by atoms with Gasteiger partial charge in [-0.2, -0.15) is 0 Å². The Morgan fingerprint density at radius 3 is 2.71 bits per heavy atom. The lowest BCUT2D eigenvalue weighted by molar-refractivity contribution is 0.0610. The summed E-state index contributed by atoms with van der Waals surface area (Å²) in [5, 5.41) is 8.08. The van der Waals surface area contributed by atoms with E-state index in [2.05, 4.69) is 19.7 Å². The van der Waals surface area contributed by atoms with Crippen molar-refractivity contribution in [2.45, 2.75) is 53.0 Å². The van der Waals surface area contributed by atoms with Gasteiger partial charge in [0, 0.05) is 18.3 Å². The predicted octanol–water partition coefficient (Wildman–Crippen LogP) is 3.58. The lowest BCUT2D eigenvalue weighted by Gasteiger charge is -2.35. The summed E-state index contributed by atoms with van der Waals surface area (Å²) in [5.41, 5.74) is 4.08. The van der Waals surface area contributed by atoms with E-state index in [-0.39, 0.29) is 11.9 Å². The fourth-order valence-corrected chi connectivity index (χ4v) is 4.21. The van der Waals surface area contributed by atoms with Gasteiger partial charge in [-0.15, -0.1) is 5.10 Å². The molecule has 0 aliphatic carbocycles. The molecule has 1 aliphatic rings. The quantitative estimate of drug-likeness (QED) is 0.665. The van der Waals surface area contributed by atoms with Crippen molar-refractivity contribution in [3.8, 4) is 11.3 Å². The van der Waals surface area contributed by atoms with Crippen LogP contribution < -0.4 is 0 Å². The lowest BCUT2D eigenvalue weighted by Crippen LogP contribution is -2.39. The molecule has 8 nitrogen and oxygen atoms in total. The zero-order valence-corrected chi connectivity index (χ0v) is 17.2. The number of amides is 1. The van der Waals surface area contributed by atoms with Crippen molar-refractivity contribution in [1.29, 1.82) is 0 Å². The molecule has 3 aromatic heterocycles. The molecular weight excluding hydrogens is 376 g/mol. The second-order valence-electron chi connectivity index (χ2n) is 7.14. The summed E-state index contributed by atoms with van der Waals surface area (Å²) < 4.78 is 9.51. The number of carbonyl (C=O) groups excluding carboxylic acids is 1. The fraction of sp³-hybridized carbons (Fsp3) is 0.474. The van der Waals surface area contributed by atoms with E-state index in [1.807, 2.05) is 32.6 Å². The Labute approximate surface area is 167 Å². The van der Waals surface area contributed by atoms with Crippen molar-refractivity contribution in [3.05, 3.63) is 39.5 Å². The average molecular weight is 398 g/mol. The van der Waals surface area contributed by atoms with Crippen molar-refractivity contribution < 1.29 is 9.32 Å². The van der Waals surface area contributed by atoms with E-state index in [1.165, 1.54) is 0 Å². The SMILES string of the molecule is Cc1ncc(-c2onc(C)c2C)c([C@H]2CCCCN2C(=O)c2snnc2C)n1. The van der Waals surface area contributed by atoms with Gasteiger partial charge in [0.1, 0.15) is 10.7 Å². The maximum atomic E-state index is 13.2. The van der Waals surface area contributed by atoms with Crippen molar-refractivity contribution >= 4 is 17.4 Å². The molecule has 1 fully saturated rings. The summed E-state index contributed by atoms with van der Waals surface area (Å²) in [5.74, 6) is 1.30. The molecule has 0 radical (unpaired) electrons. The van der Waals surface area contributed by atoms with Crippen LogP contribution in [0.25, 0.3) is 11.3 Å². The van der Waals surface area contributed by atoms with Crippen LogP contribution >= 0.6 is 11.5 Å². The van der Waals surface area contributed by atoms with Crippen LogP contribution in [0.4, 0.5) is 0 Å². The molecule has 1 aliphatic heterocycles. The molecule has 0 aromatic carbocycles. The number of likely N-dealkylation sites (tertiary alicyclic amines) is 1. The fourth-order valence-electron chi connectivity index (χ4n) is 3.60. The molecule has 0 bridgehead atoms. The highest BCUT2D eigenvalue weighted by Gasteiger charge is 2.34. The number of piperidine rings is 1. The van der Waals surface area contributed by atoms with Gasteiger partial charge in [0.15, 0.2) is 5.76 Å². The van der Waals surface area contributed by atoms with Crippen molar-refractivity contribution in [2.24, 2.45) is 0 Å². The Morgan fingerprint density at radius 2 is 2.04 bits per heavy atom. The molecule has 0 N–H and O–H groups in total. The van der Waals surface area contributed by atoms with E-state index in [4.69, 9.17) is 9.51 Å². The van der Waals surface area contributed by atoms with Gasteiger partial charge in [-0.1, -0.05) is 9.64 Å². The minimum Gasteiger partial charge on any atom is -0.356 e. The summed E-state index contributed by atoms with van der Waals surface area (Å²) >= 11 is 1.14. The van der Waals surface area contributed by atoms with E-state index in [0.717, 1.165) is 53.3 Å². The molecule has 4 rings (SSSR count). The standard InChI is InChI=1S/C19H22N6O2S/c1-10-11(2)23-27-17(10)14-9-20-13(4)21-16(14)15-7-5-6-8-25(15)19(26)18-12(3)22-24-28-18/h9,15H,5-8H2,1-4H3/t15-/m1/s1. The normalized spacial score (nSPS) is 17.1. The van der Waals surface area contributed by atoms with E-state index in [1.54, 1.807) is 6.20 Å². The first-order chi connectivity index (χ1) is 13.5. The minimum absolute atomic E-state index is 0.0371. The van der Waals surface area contributed by atoms with Gasteiger partial charge in [0.25, 0.3) is 5.91 Å². The third-order valence-corrected chi connectivity index (χ3v) is 6.08. The average Bonchev–Trinajstić information content (AvgIpc) is 3.27. The zero-order chi connectivity index (χ0) is 19.8. The largest absolute Gasteiger partial charge is 0.356 e. The van der Waals surface area contributed by atoms with Gasteiger partial charge in [-0.05, 0) is 58.5 Å². The van der Waals surface area contributed by atoms with E-state index in [9.17, 15) is 4.79 Å². The van der Waals surface area contributed by atoms with E-state index in [0.29, 0.717) is 28.7 Å². The van der Waals surface area contributed by atoms with Gasteiger partial charge in [-0.3, -0.25) is 4.79 Å². The van der Waals surface area contributed by atoms with Crippen molar-refractivity contribution in [3.63, 3.8) is 0 Å². The highest BCUT2D eigenvalue weighted by molar-refractivity contribution is 7.07. The predicted molar refractivity (Wildman–Crippen MR) is 104 cm³/mol. The molecule has 1 atom stereocenters. The first-order valence-electron chi connectivity index (χ1n) is 9.34. The Balaban J connectivity index is 1.80. The highest BCUT2D eigenvalue weighted by atomic mass is 32.1. The van der Waals surface area contributed by atoms with E-state index >= 15 is 0 Å². The van der Waals surface area contributed by atoms with Crippen LogP contribution in [0.3, 0.4) is 0 Å². The van der Waals surface area contributed by atoms with Crippen LogP contribution in [0.1, 0.15) is 63.4 Å². The molecule has 1 amide bonds. The molecular formula is C19H22N6O2S. The second-order valence-corrected chi connectivity index (χ2v) is 7.89. The summed E-state index contributed by atoms with van der Waals surface area (Å²) in [7, 11) is 0. The van der Waals surface area contributed by atoms with Gasteiger partial charge in [-0.25, -0.2) is 9.97 Å². The van der Waals surface area contributed by atoms with Crippen LogP contribution in [0.2, 0.25) is 0 Å². The van der Waals surface area contributed by atoms with Crippen LogP contribution in [0.15, 0.2) is 10.7 Å². The van der Waals surface area contributed by atoms with Crippen molar-refractivity contribution in [2.75, 3.05) is 6.54 Å². The molecule has 1 saturated heterocycles. The van der Waals surface area contributed by atoms with Crippen molar-refractivity contribution in [1.82, 2.24) is 29.6 Å². The highest BCUT2D eigenvalue weighted by Crippen LogP contribution is 2.38. The smallest absolute Gasteiger partial charge is 0.268 e. The number of aryl methyl sites for hydroxylation is 3.